The fourth-order valence-corrected chi connectivity index (χ4v) is 2.70. The first-order chi connectivity index (χ1) is 11.1. The van der Waals surface area contributed by atoms with E-state index in [0.717, 1.165) is 16.2 Å². The quantitative estimate of drug-likeness (QED) is 0.561. The van der Waals surface area contributed by atoms with Gasteiger partial charge in [0, 0.05) is 11.8 Å². The number of rotatable bonds is 7. The third-order valence-electron chi connectivity index (χ3n) is 2.79. The molecule has 6 nitrogen and oxygen atoms in total. The van der Waals surface area contributed by atoms with Crippen LogP contribution in [0.4, 0.5) is 0 Å². The molecule has 0 aliphatic heterocycles. The van der Waals surface area contributed by atoms with Gasteiger partial charge in [-0.2, -0.15) is 0 Å². The Balaban J connectivity index is 2.08. The van der Waals surface area contributed by atoms with Gasteiger partial charge in [0.15, 0.2) is 4.47 Å². The Morgan fingerprint density at radius 3 is 2.43 bits per heavy atom. The summed E-state index contributed by atoms with van der Waals surface area (Å²) in [6, 6.07) is 7.45. The lowest BCUT2D eigenvalue weighted by atomic mass is 10.1. The van der Waals surface area contributed by atoms with Crippen molar-refractivity contribution in [3.63, 3.8) is 0 Å². The summed E-state index contributed by atoms with van der Waals surface area (Å²) in [5.74, 6) is 0.733. The number of ether oxygens (including phenoxy) is 1. The summed E-state index contributed by atoms with van der Waals surface area (Å²) >= 11 is 7.18. The second-order valence-electron chi connectivity index (χ2n) is 4.37. The minimum atomic E-state index is 0.424. The van der Waals surface area contributed by atoms with Crippen LogP contribution in [0.25, 0.3) is 0 Å². The van der Waals surface area contributed by atoms with Crippen LogP contribution in [-0.2, 0) is 16.3 Å². The highest BCUT2D eigenvalue weighted by atomic mass is 35.5. The normalized spacial score (nSPS) is 12.2. The Morgan fingerprint density at radius 1 is 1.17 bits per heavy atom. The predicted octanol–water partition coefficient (Wildman–Crippen LogP) is 3.75. The van der Waals surface area contributed by atoms with Crippen molar-refractivity contribution in [1.29, 1.82) is 0 Å². The molecule has 0 aliphatic rings. The van der Waals surface area contributed by atoms with E-state index in [9.17, 15) is 0 Å². The van der Waals surface area contributed by atoms with Gasteiger partial charge in [-0.25, -0.2) is 4.98 Å². The molecule has 8 heteroatoms. The minimum absolute atomic E-state index is 0.424. The van der Waals surface area contributed by atoms with Gasteiger partial charge in [0.1, 0.15) is 38.0 Å². The van der Waals surface area contributed by atoms with Crippen LogP contribution in [0.5, 0.6) is 5.75 Å². The van der Waals surface area contributed by atoms with Crippen LogP contribution in [0.1, 0.15) is 17.4 Å². The standard InChI is InChI=1S/C15H16ClN3O3S/c1-10(18-20-2)14(19-21-3)11-4-6-12(7-5-11)22-9-13-8-17-15(16)23-13/h4-8H,9H2,1-3H3/b18-10+,19-14-. The van der Waals surface area contributed by atoms with E-state index in [-0.39, 0.29) is 0 Å². The molecule has 0 atom stereocenters. The molecule has 0 bridgehead atoms. The van der Waals surface area contributed by atoms with Crippen molar-refractivity contribution in [2.24, 2.45) is 10.3 Å². The zero-order valence-corrected chi connectivity index (χ0v) is 14.5. The fraction of sp³-hybridized carbons (Fsp3) is 0.267. The van der Waals surface area contributed by atoms with Crippen molar-refractivity contribution in [2.45, 2.75) is 13.5 Å². The van der Waals surface area contributed by atoms with Crippen LogP contribution in [0.2, 0.25) is 4.47 Å². The second kappa shape index (κ2) is 8.50. The number of nitrogens with zero attached hydrogens (tertiary/aromatic N) is 3. The third kappa shape index (κ3) is 4.94. The smallest absolute Gasteiger partial charge is 0.183 e. The molecule has 1 aromatic heterocycles. The largest absolute Gasteiger partial charge is 0.488 e. The molecule has 0 unspecified atom stereocenters. The lowest BCUT2D eigenvalue weighted by Gasteiger charge is -2.07. The maximum Gasteiger partial charge on any atom is 0.183 e. The minimum Gasteiger partial charge on any atom is -0.488 e. The summed E-state index contributed by atoms with van der Waals surface area (Å²) in [5.41, 5.74) is 2.05. The summed E-state index contributed by atoms with van der Waals surface area (Å²) in [7, 11) is 2.97. The summed E-state index contributed by atoms with van der Waals surface area (Å²) in [4.78, 5) is 14.6. The average molecular weight is 354 g/mol. The molecule has 2 aromatic rings. The van der Waals surface area contributed by atoms with Crippen molar-refractivity contribution in [3.05, 3.63) is 45.4 Å². The van der Waals surface area contributed by atoms with Gasteiger partial charge >= 0.3 is 0 Å². The van der Waals surface area contributed by atoms with E-state index in [1.807, 2.05) is 24.3 Å². The van der Waals surface area contributed by atoms with Crippen LogP contribution < -0.4 is 4.74 Å². The Kier molecular flexibility index (Phi) is 6.37. The number of oxime groups is 2. The molecule has 0 saturated heterocycles. The molecule has 1 heterocycles. The van der Waals surface area contributed by atoms with Crippen LogP contribution >= 0.6 is 22.9 Å². The lowest BCUT2D eigenvalue weighted by Crippen LogP contribution is -2.13. The number of aromatic nitrogens is 1. The molecule has 0 saturated carbocycles. The lowest BCUT2D eigenvalue weighted by molar-refractivity contribution is 0.210. The summed E-state index contributed by atoms with van der Waals surface area (Å²) in [6.07, 6.45) is 1.70. The molecule has 122 valence electrons. The maximum atomic E-state index is 5.79. The Hall–Kier alpha value is -2.12. The average Bonchev–Trinajstić information content (AvgIpc) is 2.97. The molecule has 0 spiro atoms. The van der Waals surface area contributed by atoms with Gasteiger partial charge in [0.05, 0.1) is 4.88 Å². The molecular formula is C15H16ClN3O3S. The van der Waals surface area contributed by atoms with E-state index in [0.29, 0.717) is 22.5 Å². The van der Waals surface area contributed by atoms with Gasteiger partial charge in [0.25, 0.3) is 0 Å². The SMILES string of the molecule is CO/N=C(C)/C(=N/OC)c1ccc(OCc2cnc(Cl)s2)cc1. The van der Waals surface area contributed by atoms with E-state index in [4.69, 9.17) is 26.0 Å². The highest BCUT2D eigenvalue weighted by molar-refractivity contribution is 7.15. The van der Waals surface area contributed by atoms with Crippen molar-refractivity contribution >= 4 is 34.4 Å². The van der Waals surface area contributed by atoms with Gasteiger partial charge < -0.3 is 14.4 Å². The van der Waals surface area contributed by atoms with E-state index >= 15 is 0 Å². The Morgan fingerprint density at radius 2 is 1.87 bits per heavy atom. The first kappa shape index (κ1) is 17.2. The third-order valence-corrected chi connectivity index (χ3v) is 3.88. The van der Waals surface area contributed by atoms with Gasteiger partial charge in [-0.3, -0.25) is 0 Å². The molecule has 0 radical (unpaired) electrons. The fourth-order valence-electron chi connectivity index (χ4n) is 1.81. The monoisotopic (exact) mass is 353 g/mol. The van der Waals surface area contributed by atoms with E-state index in [1.165, 1.54) is 25.6 Å². The van der Waals surface area contributed by atoms with E-state index in [1.54, 1.807) is 13.1 Å². The number of hydrogen-bond acceptors (Lipinski definition) is 7. The van der Waals surface area contributed by atoms with E-state index < -0.39 is 0 Å². The number of benzene rings is 1. The van der Waals surface area contributed by atoms with Crippen molar-refractivity contribution in [1.82, 2.24) is 4.98 Å². The summed E-state index contributed by atoms with van der Waals surface area (Å²) < 4.78 is 6.20. The van der Waals surface area contributed by atoms with Gasteiger partial charge in [-0.15, -0.1) is 11.3 Å². The zero-order chi connectivity index (χ0) is 16.7. The molecule has 0 fully saturated rings. The second-order valence-corrected chi connectivity index (χ2v) is 6.07. The topological polar surface area (TPSA) is 65.3 Å². The number of hydrogen-bond donors (Lipinski definition) is 0. The summed E-state index contributed by atoms with van der Waals surface area (Å²) in [6.45, 7) is 2.21. The van der Waals surface area contributed by atoms with Gasteiger partial charge in [0.2, 0.25) is 0 Å². The van der Waals surface area contributed by atoms with Gasteiger partial charge in [-0.1, -0.05) is 21.9 Å². The first-order valence-electron chi connectivity index (χ1n) is 6.66. The van der Waals surface area contributed by atoms with Crippen LogP contribution in [0.3, 0.4) is 0 Å². The van der Waals surface area contributed by atoms with Crippen LogP contribution in [0, 0.1) is 0 Å². The number of thiazole rings is 1. The molecule has 0 amide bonds. The van der Waals surface area contributed by atoms with Gasteiger partial charge in [-0.05, 0) is 31.2 Å². The zero-order valence-electron chi connectivity index (χ0n) is 12.9. The highest BCUT2D eigenvalue weighted by Gasteiger charge is 2.10. The molecule has 23 heavy (non-hydrogen) atoms. The predicted molar refractivity (Wildman–Crippen MR) is 91.6 cm³/mol. The molecule has 0 N–H and O–H groups in total. The highest BCUT2D eigenvalue weighted by Crippen LogP contribution is 2.20. The van der Waals surface area contributed by atoms with Crippen molar-refractivity contribution < 1.29 is 14.4 Å². The first-order valence-corrected chi connectivity index (χ1v) is 7.86. The Bertz CT molecular complexity index is 698. The van der Waals surface area contributed by atoms with Crippen LogP contribution in [-0.4, -0.2) is 30.6 Å². The summed E-state index contributed by atoms with van der Waals surface area (Å²) in [5, 5.41) is 7.86. The molecule has 0 aliphatic carbocycles. The molecule has 1 aromatic carbocycles. The Labute approximate surface area is 143 Å². The van der Waals surface area contributed by atoms with Crippen molar-refractivity contribution in [2.75, 3.05) is 14.2 Å². The van der Waals surface area contributed by atoms with Crippen molar-refractivity contribution in [3.8, 4) is 5.75 Å². The molecular weight excluding hydrogens is 338 g/mol. The van der Waals surface area contributed by atoms with E-state index in [2.05, 4.69) is 15.3 Å². The molecule has 2 rings (SSSR count). The van der Waals surface area contributed by atoms with Crippen LogP contribution in [0.15, 0.2) is 40.8 Å². The number of halogens is 1. The maximum absolute atomic E-state index is 5.79.